The summed E-state index contributed by atoms with van der Waals surface area (Å²) in [6, 6.07) is 16.6. The second-order valence-electron chi connectivity index (χ2n) is 8.30. The molecule has 4 rings (SSSR count). The predicted molar refractivity (Wildman–Crippen MR) is 129 cm³/mol. The average molecular weight is 513 g/mol. The van der Waals surface area contributed by atoms with Gasteiger partial charge in [0.15, 0.2) is 0 Å². The van der Waals surface area contributed by atoms with Crippen molar-refractivity contribution < 1.29 is 14.0 Å². The summed E-state index contributed by atoms with van der Waals surface area (Å²) in [5, 5.41) is 2.88. The molecule has 8 heteroatoms. The fraction of sp³-hybridized carbons (Fsp3) is 0.280. The minimum Gasteiger partial charge on any atom is -0.348 e. The zero-order valence-corrected chi connectivity index (χ0v) is 20.1. The Hall–Kier alpha value is -3.13. The lowest BCUT2D eigenvalue weighted by atomic mass is 9.99. The van der Waals surface area contributed by atoms with Gasteiger partial charge in [-0.25, -0.2) is 9.18 Å². The van der Waals surface area contributed by atoms with E-state index in [9.17, 15) is 14.0 Å². The standard InChI is InChI=1S/C25H26BrFN4O2/c1-17(2)31(25(33)28-21-7-4-3-6-20(21)26)16-23(32)30-15-14-29-13-5-8-22(29)24(30)18-9-11-19(27)12-10-18/h3-13,17,24H,14-16H2,1-2H3,(H,28,33). The Morgan fingerprint density at radius 3 is 2.52 bits per heavy atom. The van der Waals surface area contributed by atoms with Crippen LogP contribution < -0.4 is 5.32 Å². The van der Waals surface area contributed by atoms with E-state index >= 15 is 0 Å². The van der Waals surface area contributed by atoms with E-state index in [0.29, 0.717) is 18.8 Å². The van der Waals surface area contributed by atoms with Gasteiger partial charge >= 0.3 is 6.03 Å². The maximum atomic E-state index is 13.6. The van der Waals surface area contributed by atoms with E-state index in [1.165, 1.54) is 17.0 Å². The Kier molecular flexibility index (Phi) is 6.83. The lowest BCUT2D eigenvalue weighted by Crippen LogP contribution is -2.50. The minimum atomic E-state index is -0.345. The highest BCUT2D eigenvalue weighted by molar-refractivity contribution is 9.10. The number of urea groups is 1. The molecule has 0 radical (unpaired) electrons. The van der Waals surface area contributed by atoms with Gasteiger partial charge < -0.3 is 19.7 Å². The van der Waals surface area contributed by atoms with Crippen molar-refractivity contribution in [3.05, 3.63) is 88.4 Å². The van der Waals surface area contributed by atoms with Crippen LogP contribution in [-0.2, 0) is 11.3 Å². The number of hydrogen-bond acceptors (Lipinski definition) is 2. The molecule has 0 aliphatic carbocycles. The lowest BCUT2D eigenvalue weighted by Gasteiger charge is -2.39. The molecule has 2 heterocycles. The maximum Gasteiger partial charge on any atom is 0.322 e. The Labute approximate surface area is 201 Å². The normalized spacial score (nSPS) is 15.3. The Bertz CT molecular complexity index is 1150. The summed E-state index contributed by atoms with van der Waals surface area (Å²) in [7, 11) is 0. The summed E-state index contributed by atoms with van der Waals surface area (Å²) in [5.74, 6) is -0.481. The highest BCUT2D eigenvalue weighted by Gasteiger charge is 2.34. The number of carbonyl (C=O) groups is 2. The van der Waals surface area contributed by atoms with Crippen LogP contribution in [0.3, 0.4) is 0 Å². The van der Waals surface area contributed by atoms with Crippen molar-refractivity contribution in [1.82, 2.24) is 14.4 Å². The molecule has 2 aromatic carbocycles. The summed E-state index contributed by atoms with van der Waals surface area (Å²) >= 11 is 3.44. The predicted octanol–water partition coefficient (Wildman–Crippen LogP) is 5.26. The van der Waals surface area contributed by atoms with Gasteiger partial charge in [-0.05, 0) is 71.7 Å². The van der Waals surface area contributed by atoms with Crippen molar-refractivity contribution in [3.63, 3.8) is 0 Å². The molecule has 3 aromatic rings. The zero-order chi connectivity index (χ0) is 23.5. The number of fused-ring (bicyclic) bond motifs is 1. The van der Waals surface area contributed by atoms with Crippen molar-refractivity contribution in [1.29, 1.82) is 0 Å². The zero-order valence-electron chi connectivity index (χ0n) is 18.5. The molecule has 1 aliphatic heterocycles. The van der Waals surface area contributed by atoms with Gasteiger partial charge in [0.25, 0.3) is 0 Å². The van der Waals surface area contributed by atoms with Crippen molar-refractivity contribution in [3.8, 4) is 0 Å². The van der Waals surface area contributed by atoms with Gasteiger partial charge in [0, 0.05) is 35.5 Å². The summed E-state index contributed by atoms with van der Waals surface area (Å²) in [5.41, 5.74) is 2.44. The summed E-state index contributed by atoms with van der Waals surface area (Å²) in [6.07, 6.45) is 1.99. The quantitative estimate of drug-likeness (QED) is 0.506. The number of nitrogens with one attached hydrogen (secondary N) is 1. The topological polar surface area (TPSA) is 57.6 Å². The van der Waals surface area contributed by atoms with Crippen LogP contribution in [0.4, 0.5) is 14.9 Å². The van der Waals surface area contributed by atoms with Crippen LogP contribution in [0.2, 0.25) is 0 Å². The molecule has 172 valence electrons. The van der Waals surface area contributed by atoms with Crippen LogP contribution in [0.1, 0.15) is 31.1 Å². The molecule has 3 amide bonds. The van der Waals surface area contributed by atoms with E-state index in [1.54, 1.807) is 23.1 Å². The average Bonchev–Trinajstić information content (AvgIpc) is 3.27. The molecule has 1 aliphatic rings. The minimum absolute atomic E-state index is 0.0631. The van der Waals surface area contributed by atoms with Crippen LogP contribution in [0.25, 0.3) is 0 Å². The van der Waals surface area contributed by atoms with Gasteiger partial charge in [-0.1, -0.05) is 24.3 Å². The van der Waals surface area contributed by atoms with Crippen molar-refractivity contribution in [2.45, 2.75) is 32.5 Å². The van der Waals surface area contributed by atoms with Crippen LogP contribution in [-0.4, -0.2) is 45.4 Å². The number of carbonyl (C=O) groups excluding carboxylic acids is 2. The summed E-state index contributed by atoms with van der Waals surface area (Å²) < 4.78 is 16.4. The van der Waals surface area contributed by atoms with Gasteiger partial charge in [0.2, 0.25) is 5.91 Å². The Morgan fingerprint density at radius 2 is 1.82 bits per heavy atom. The number of hydrogen-bond donors (Lipinski definition) is 1. The molecule has 0 saturated heterocycles. The molecule has 33 heavy (non-hydrogen) atoms. The molecule has 1 N–H and O–H groups in total. The molecule has 0 saturated carbocycles. The van der Waals surface area contributed by atoms with Crippen LogP contribution >= 0.6 is 15.9 Å². The number of halogens is 2. The van der Waals surface area contributed by atoms with Gasteiger partial charge in [-0.3, -0.25) is 4.79 Å². The largest absolute Gasteiger partial charge is 0.348 e. The third kappa shape index (κ3) is 4.95. The molecule has 0 spiro atoms. The maximum absolute atomic E-state index is 13.6. The molecule has 1 aromatic heterocycles. The fourth-order valence-corrected chi connectivity index (χ4v) is 4.51. The molecule has 1 atom stereocenters. The first-order valence-electron chi connectivity index (χ1n) is 10.9. The molecular weight excluding hydrogens is 487 g/mol. The summed E-state index contributed by atoms with van der Waals surface area (Å²) in [4.78, 5) is 29.9. The van der Waals surface area contributed by atoms with E-state index in [1.807, 2.05) is 50.4 Å². The summed E-state index contributed by atoms with van der Waals surface area (Å²) in [6.45, 7) is 4.86. The number of anilines is 1. The van der Waals surface area contributed by atoms with E-state index in [2.05, 4.69) is 25.8 Å². The first-order valence-corrected chi connectivity index (χ1v) is 11.7. The second kappa shape index (κ2) is 9.79. The van der Waals surface area contributed by atoms with Gasteiger partial charge in [0.05, 0.1) is 11.7 Å². The lowest BCUT2D eigenvalue weighted by molar-refractivity contribution is -0.134. The van der Waals surface area contributed by atoms with Crippen LogP contribution in [0.15, 0.2) is 71.3 Å². The monoisotopic (exact) mass is 512 g/mol. The number of rotatable bonds is 5. The number of benzene rings is 2. The third-order valence-electron chi connectivity index (χ3n) is 5.85. The number of para-hydroxylation sites is 1. The highest BCUT2D eigenvalue weighted by Crippen LogP contribution is 2.33. The Balaban J connectivity index is 1.57. The molecule has 0 bridgehead atoms. The molecule has 1 unspecified atom stereocenters. The van der Waals surface area contributed by atoms with Crippen LogP contribution in [0.5, 0.6) is 0 Å². The SMILES string of the molecule is CC(C)N(CC(=O)N1CCn2cccc2C1c1ccc(F)cc1)C(=O)Nc1ccccc1Br. The van der Waals surface area contributed by atoms with Gasteiger partial charge in [0.1, 0.15) is 12.4 Å². The molecule has 0 fully saturated rings. The highest BCUT2D eigenvalue weighted by atomic mass is 79.9. The van der Waals surface area contributed by atoms with Crippen LogP contribution in [0, 0.1) is 5.82 Å². The van der Waals surface area contributed by atoms with Crippen molar-refractivity contribution in [2.24, 2.45) is 0 Å². The van der Waals surface area contributed by atoms with Gasteiger partial charge in [-0.2, -0.15) is 0 Å². The van der Waals surface area contributed by atoms with Crippen molar-refractivity contribution >= 4 is 33.6 Å². The van der Waals surface area contributed by atoms with E-state index in [-0.39, 0.29) is 36.4 Å². The number of nitrogens with zero attached hydrogens (tertiary/aromatic N) is 3. The molecular formula is C25H26BrFN4O2. The molecule has 6 nitrogen and oxygen atoms in total. The van der Waals surface area contributed by atoms with Gasteiger partial charge in [-0.15, -0.1) is 0 Å². The number of aromatic nitrogens is 1. The second-order valence-corrected chi connectivity index (χ2v) is 9.15. The first kappa shape index (κ1) is 23.0. The smallest absolute Gasteiger partial charge is 0.322 e. The van der Waals surface area contributed by atoms with Crippen molar-refractivity contribution in [2.75, 3.05) is 18.4 Å². The third-order valence-corrected chi connectivity index (χ3v) is 6.54. The van der Waals surface area contributed by atoms with E-state index in [4.69, 9.17) is 0 Å². The Morgan fingerprint density at radius 1 is 1.09 bits per heavy atom. The number of amides is 3. The van der Waals surface area contributed by atoms with E-state index in [0.717, 1.165) is 15.7 Å². The first-order chi connectivity index (χ1) is 15.8. The van der Waals surface area contributed by atoms with E-state index < -0.39 is 0 Å². The fourth-order valence-electron chi connectivity index (χ4n) is 4.12.